The van der Waals surface area contributed by atoms with Gasteiger partial charge in [0.15, 0.2) is 0 Å². The predicted octanol–water partition coefficient (Wildman–Crippen LogP) is 2.21. The first-order valence-electron chi connectivity index (χ1n) is 7.68. The van der Waals surface area contributed by atoms with Gasteiger partial charge in [-0.15, -0.1) is 0 Å². The lowest BCUT2D eigenvalue weighted by Gasteiger charge is -2.29. The lowest BCUT2D eigenvalue weighted by Crippen LogP contribution is -2.36. The molecule has 0 saturated carbocycles. The molecule has 1 unspecified atom stereocenters. The van der Waals surface area contributed by atoms with E-state index < -0.39 is 0 Å². The zero-order valence-corrected chi connectivity index (χ0v) is 12.6. The first kappa shape index (κ1) is 14.3. The van der Waals surface area contributed by atoms with Crippen LogP contribution in [0.3, 0.4) is 0 Å². The van der Waals surface area contributed by atoms with Gasteiger partial charge in [0, 0.05) is 29.9 Å². The average Bonchev–Trinajstić information content (AvgIpc) is 2.55. The molecule has 4 heteroatoms. The first-order valence-corrected chi connectivity index (χ1v) is 7.68. The van der Waals surface area contributed by atoms with Crippen molar-refractivity contribution in [3.63, 3.8) is 0 Å². The Morgan fingerprint density at radius 3 is 2.81 bits per heavy atom. The molecular weight excluding hydrogens is 262 g/mol. The molecule has 1 aliphatic rings. The van der Waals surface area contributed by atoms with Crippen molar-refractivity contribution in [3.8, 4) is 0 Å². The number of benzene rings is 1. The Balaban J connectivity index is 1.83. The lowest BCUT2D eigenvalue weighted by atomic mass is 10.0. The molecule has 2 heterocycles. The van der Waals surface area contributed by atoms with E-state index in [0.717, 1.165) is 43.9 Å². The number of hydrogen-bond acceptors (Lipinski definition) is 4. The number of hydrogen-bond donors (Lipinski definition) is 1. The fourth-order valence-corrected chi connectivity index (χ4v) is 2.73. The summed E-state index contributed by atoms with van der Waals surface area (Å²) >= 11 is 0. The van der Waals surface area contributed by atoms with E-state index in [0.29, 0.717) is 12.5 Å². The molecule has 1 aromatic heterocycles. The summed E-state index contributed by atoms with van der Waals surface area (Å²) < 4.78 is 5.41. The third kappa shape index (κ3) is 3.34. The van der Waals surface area contributed by atoms with E-state index in [1.54, 1.807) is 0 Å². The minimum Gasteiger partial charge on any atom is -0.378 e. The molecule has 1 aliphatic heterocycles. The van der Waals surface area contributed by atoms with E-state index >= 15 is 0 Å². The molecule has 4 nitrogen and oxygen atoms in total. The molecule has 2 aromatic rings. The van der Waals surface area contributed by atoms with E-state index in [9.17, 15) is 0 Å². The molecule has 1 fully saturated rings. The van der Waals surface area contributed by atoms with E-state index in [1.807, 2.05) is 0 Å². The first-order chi connectivity index (χ1) is 10.3. The third-order valence-electron chi connectivity index (χ3n) is 4.07. The van der Waals surface area contributed by atoms with Gasteiger partial charge in [-0.1, -0.05) is 13.0 Å². The Morgan fingerprint density at radius 1 is 1.24 bits per heavy atom. The number of ether oxygens (including phenoxy) is 1. The minimum atomic E-state index is 0.475. The third-order valence-corrected chi connectivity index (χ3v) is 4.07. The second-order valence-corrected chi connectivity index (χ2v) is 5.82. The van der Waals surface area contributed by atoms with Crippen LogP contribution in [0, 0.1) is 5.92 Å². The van der Waals surface area contributed by atoms with Crippen molar-refractivity contribution < 1.29 is 4.74 Å². The zero-order chi connectivity index (χ0) is 14.7. The van der Waals surface area contributed by atoms with Crippen LogP contribution in [0.1, 0.15) is 12.6 Å². The highest BCUT2D eigenvalue weighted by atomic mass is 16.5. The van der Waals surface area contributed by atoms with Gasteiger partial charge < -0.3 is 15.4 Å². The summed E-state index contributed by atoms with van der Waals surface area (Å²) in [6, 6.07) is 10.8. The topological polar surface area (TPSA) is 51.4 Å². The summed E-state index contributed by atoms with van der Waals surface area (Å²) in [5.41, 5.74) is 9.14. The van der Waals surface area contributed by atoms with Crippen LogP contribution < -0.4 is 10.6 Å². The van der Waals surface area contributed by atoms with Crippen molar-refractivity contribution in [2.45, 2.75) is 13.3 Å². The Morgan fingerprint density at radius 2 is 2.05 bits per heavy atom. The van der Waals surface area contributed by atoms with Crippen molar-refractivity contribution in [1.82, 2.24) is 4.98 Å². The van der Waals surface area contributed by atoms with Gasteiger partial charge in [0.1, 0.15) is 0 Å². The molecule has 0 aliphatic carbocycles. The quantitative estimate of drug-likeness (QED) is 0.936. The lowest BCUT2D eigenvalue weighted by molar-refractivity contribution is 0.122. The molecular formula is C17H23N3O. The Labute approximate surface area is 125 Å². The van der Waals surface area contributed by atoms with E-state index in [2.05, 4.69) is 42.2 Å². The van der Waals surface area contributed by atoms with Gasteiger partial charge >= 0.3 is 0 Å². The highest BCUT2D eigenvalue weighted by Gasteiger charge is 2.12. The van der Waals surface area contributed by atoms with Crippen LogP contribution in [0.4, 0.5) is 5.69 Å². The average molecular weight is 285 g/mol. The normalized spacial score (nSPS) is 17.1. The summed E-state index contributed by atoms with van der Waals surface area (Å²) in [6.45, 7) is 6.41. The fraction of sp³-hybridized carbons (Fsp3) is 0.471. The SMILES string of the molecule is CC(CN)Cc1ccc2cc(N3CCOCC3)ccc2n1. The summed E-state index contributed by atoms with van der Waals surface area (Å²) in [4.78, 5) is 7.12. The molecule has 2 N–H and O–H groups in total. The Kier molecular flexibility index (Phi) is 4.36. The van der Waals surface area contributed by atoms with Crippen LogP contribution >= 0.6 is 0 Å². The predicted molar refractivity (Wildman–Crippen MR) is 86.7 cm³/mol. The number of morpholine rings is 1. The largest absolute Gasteiger partial charge is 0.378 e. The Bertz CT molecular complexity index is 608. The molecule has 0 bridgehead atoms. The number of fused-ring (bicyclic) bond motifs is 1. The maximum atomic E-state index is 5.69. The maximum Gasteiger partial charge on any atom is 0.0706 e. The Hall–Kier alpha value is -1.65. The molecule has 21 heavy (non-hydrogen) atoms. The van der Waals surface area contributed by atoms with Gasteiger partial charge in [-0.2, -0.15) is 0 Å². The number of aromatic nitrogens is 1. The number of nitrogens with two attached hydrogens (primary N) is 1. The standard InChI is InChI=1S/C17H23N3O/c1-13(12-18)10-15-3-2-14-11-16(4-5-17(14)19-15)20-6-8-21-9-7-20/h2-5,11,13H,6-10,12,18H2,1H3. The van der Waals surface area contributed by atoms with Crippen LogP contribution in [-0.4, -0.2) is 37.8 Å². The maximum absolute atomic E-state index is 5.69. The zero-order valence-electron chi connectivity index (χ0n) is 12.6. The molecule has 1 saturated heterocycles. The summed E-state index contributed by atoms with van der Waals surface area (Å²) in [5.74, 6) is 0.475. The van der Waals surface area contributed by atoms with E-state index in [4.69, 9.17) is 15.5 Å². The van der Waals surface area contributed by atoms with Gasteiger partial charge in [0.2, 0.25) is 0 Å². The van der Waals surface area contributed by atoms with Crippen molar-refractivity contribution in [2.24, 2.45) is 11.7 Å². The highest BCUT2D eigenvalue weighted by Crippen LogP contribution is 2.22. The van der Waals surface area contributed by atoms with Gasteiger partial charge in [0.25, 0.3) is 0 Å². The van der Waals surface area contributed by atoms with Crippen molar-refractivity contribution in [3.05, 3.63) is 36.0 Å². The minimum absolute atomic E-state index is 0.475. The van der Waals surface area contributed by atoms with Gasteiger partial charge in [-0.05, 0) is 43.1 Å². The van der Waals surface area contributed by atoms with Crippen LogP contribution in [0.25, 0.3) is 10.9 Å². The number of anilines is 1. The fourth-order valence-electron chi connectivity index (χ4n) is 2.73. The van der Waals surface area contributed by atoms with Crippen molar-refractivity contribution in [2.75, 3.05) is 37.7 Å². The van der Waals surface area contributed by atoms with Crippen LogP contribution in [0.5, 0.6) is 0 Å². The number of nitrogens with zero attached hydrogens (tertiary/aromatic N) is 2. The molecule has 1 atom stereocenters. The highest BCUT2D eigenvalue weighted by molar-refractivity contribution is 5.82. The molecule has 1 aromatic carbocycles. The smallest absolute Gasteiger partial charge is 0.0706 e. The molecule has 0 spiro atoms. The second kappa shape index (κ2) is 6.41. The monoisotopic (exact) mass is 285 g/mol. The van der Waals surface area contributed by atoms with Gasteiger partial charge in [-0.25, -0.2) is 0 Å². The van der Waals surface area contributed by atoms with Gasteiger partial charge in [-0.3, -0.25) is 4.98 Å². The van der Waals surface area contributed by atoms with E-state index in [1.165, 1.54) is 11.1 Å². The van der Waals surface area contributed by atoms with E-state index in [-0.39, 0.29) is 0 Å². The van der Waals surface area contributed by atoms with Crippen molar-refractivity contribution >= 4 is 16.6 Å². The van der Waals surface area contributed by atoms with Crippen molar-refractivity contribution in [1.29, 1.82) is 0 Å². The van der Waals surface area contributed by atoms with Crippen LogP contribution in [0.2, 0.25) is 0 Å². The molecule has 0 radical (unpaired) electrons. The van der Waals surface area contributed by atoms with Crippen LogP contribution in [-0.2, 0) is 11.2 Å². The van der Waals surface area contributed by atoms with Crippen LogP contribution in [0.15, 0.2) is 30.3 Å². The summed E-state index contributed by atoms with van der Waals surface area (Å²) in [5, 5.41) is 1.20. The summed E-state index contributed by atoms with van der Waals surface area (Å²) in [7, 11) is 0. The molecule has 3 rings (SSSR count). The summed E-state index contributed by atoms with van der Waals surface area (Å²) in [6.07, 6.45) is 0.942. The molecule has 0 amide bonds. The number of rotatable bonds is 4. The second-order valence-electron chi connectivity index (χ2n) is 5.82. The molecule has 112 valence electrons. The van der Waals surface area contributed by atoms with Gasteiger partial charge in [0.05, 0.1) is 18.7 Å². The number of pyridine rings is 1.